The van der Waals surface area contributed by atoms with E-state index in [-0.39, 0.29) is 23.7 Å². The molecule has 1 aliphatic heterocycles. The molecule has 3 heterocycles. The molecule has 0 spiro atoms. The van der Waals surface area contributed by atoms with Crippen molar-refractivity contribution in [2.24, 2.45) is 11.8 Å². The molecule has 1 saturated heterocycles. The standard InChI is InChI=1S/C23H31N5O2S/c1-16(2)22(30)27-11-13-28(14-12-27)23-26-19-4-3-18(15-20(19)31-23)21(29)25-10-7-17-5-8-24-9-6-17/h5-6,8-9,16,18H,3-4,7,10-15H2,1-2H3,(H,25,29)/t18-/m1/s1. The van der Waals surface area contributed by atoms with E-state index in [1.165, 1.54) is 10.4 Å². The quantitative estimate of drug-likeness (QED) is 0.744. The summed E-state index contributed by atoms with van der Waals surface area (Å²) >= 11 is 1.72. The number of hydrogen-bond acceptors (Lipinski definition) is 6. The first-order valence-corrected chi connectivity index (χ1v) is 12.0. The van der Waals surface area contributed by atoms with Crippen LogP contribution in [0.2, 0.25) is 0 Å². The lowest BCUT2D eigenvalue weighted by atomic mass is 9.90. The third-order valence-corrected chi connectivity index (χ3v) is 7.30. The summed E-state index contributed by atoms with van der Waals surface area (Å²) in [5.74, 6) is 0.455. The van der Waals surface area contributed by atoms with Gasteiger partial charge >= 0.3 is 0 Å². The summed E-state index contributed by atoms with van der Waals surface area (Å²) in [5, 5.41) is 4.15. The van der Waals surface area contributed by atoms with Gasteiger partial charge in [0.2, 0.25) is 11.8 Å². The highest BCUT2D eigenvalue weighted by molar-refractivity contribution is 7.15. The molecule has 0 aromatic carbocycles. The van der Waals surface area contributed by atoms with Crippen LogP contribution in [0.25, 0.3) is 0 Å². The van der Waals surface area contributed by atoms with Crippen LogP contribution in [0.3, 0.4) is 0 Å². The van der Waals surface area contributed by atoms with Crippen molar-refractivity contribution in [1.82, 2.24) is 20.2 Å². The monoisotopic (exact) mass is 441 g/mol. The molecule has 1 N–H and O–H groups in total. The molecule has 0 bridgehead atoms. The number of aryl methyl sites for hydroxylation is 1. The van der Waals surface area contributed by atoms with E-state index < -0.39 is 0 Å². The highest BCUT2D eigenvalue weighted by atomic mass is 32.1. The highest BCUT2D eigenvalue weighted by Gasteiger charge is 2.30. The van der Waals surface area contributed by atoms with Crippen LogP contribution in [0.4, 0.5) is 5.13 Å². The Morgan fingerprint density at radius 2 is 1.94 bits per heavy atom. The summed E-state index contributed by atoms with van der Waals surface area (Å²) in [7, 11) is 0. The highest BCUT2D eigenvalue weighted by Crippen LogP contribution is 2.34. The van der Waals surface area contributed by atoms with Crippen LogP contribution < -0.4 is 10.2 Å². The molecule has 2 aliphatic rings. The maximum atomic E-state index is 12.7. The Morgan fingerprint density at radius 3 is 2.65 bits per heavy atom. The fourth-order valence-electron chi connectivity index (χ4n) is 4.23. The minimum Gasteiger partial charge on any atom is -0.356 e. The molecular formula is C23H31N5O2S. The van der Waals surface area contributed by atoms with Crippen LogP contribution in [-0.2, 0) is 28.9 Å². The Labute approximate surface area is 187 Å². The first-order chi connectivity index (χ1) is 15.0. The van der Waals surface area contributed by atoms with Gasteiger partial charge in [0.15, 0.2) is 5.13 Å². The van der Waals surface area contributed by atoms with E-state index in [0.29, 0.717) is 6.54 Å². The van der Waals surface area contributed by atoms with Gasteiger partial charge in [0.05, 0.1) is 5.69 Å². The van der Waals surface area contributed by atoms with E-state index in [9.17, 15) is 9.59 Å². The molecule has 2 aromatic rings. The molecule has 166 valence electrons. The Morgan fingerprint density at radius 1 is 1.19 bits per heavy atom. The van der Waals surface area contributed by atoms with Crippen molar-refractivity contribution in [3.05, 3.63) is 40.7 Å². The third-order valence-electron chi connectivity index (χ3n) is 6.12. The second kappa shape index (κ2) is 9.77. The second-order valence-corrected chi connectivity index (χ2v) is 9.73. The minimum atomic E-state index is 0.0266. The average Bonchev–Trinajstić information content (AvgIpc) is 3.22. The molecule has 8 heteroatoms. The third kappa shape index (κ3) is 5.23. The maximum absolute atomic E-state index is 12.7. The minimum absolute atomic E-state index is 0.0266. The van der Waals surface area contributed by atoms with Crippen LogP contribution in [0.5, 0.6) is 0 Å². The van der Waals surface area contributed by atoms with Crippen LogP contribution in [0, 0.1) is 11.8 Å². The number of fused-ring (bicyclic) bond motifs is 1. The summed E-state index contributed by atoms with van der Waals surface area (Å²) in [6.07, 6.45) is 6.88. The number of carbonyl (C=O) groups excluding carboxylic acids is 2. The number of nitrogens with one attached hydrogen (secondary N) is 1. The zero-order chi connectivity index (χ0) is 21.8. The van der Waals surface area contributed by atoms with Crippen molar-refractivity contribution in [2.45, 2.75) is 39.5 Å². The molecule has 7 nitrogen and oxygen atoms in total. The Bertz CT molecular complexity index is 906. The number of amides is 2. The van der Waals surface area contributed by atoms with Gasteiger partial charge in [-0.3, -0.25) is 14.6 Å². The molecule has 1 atom stereocenters. The number of piperazine rings is 1. The van der Waals surface area contributed by atoms with Crippen LogP contribution in [0.1, 0.15) is 36.4 Å². The average molecular weight is 442 g/mol. The van der Waals surface area contributed by atoms with Crippen molar-refractivity contribution in [1.29, 1.82) is 0 Å². The predicted molar refractivity (Wildman–Crippen MR) is 122 cm³/mol. The van der Waals surface area contributed by atoms with E-state index in [4.69, 9.17) is 4.98 Å². The Balaban J connectivity index is 1.28. The fraction of sp³-hybridized carbons (Fsp3) is 0.565. The molecule has 4 rings (SSSR count). The van der Waals surface area contributed by atoms with E-state index in [2.05, 4.69) is 15.2 Å². The van der Waals surface area contributed by atoms with Crippen molar-refractivity contribution >= 4 is 28.3 Å². The zero-order valence-corrected chi connectivity index (χ0v) is 19.2. The lowest BCUT2D eigenvalue weighted by Crippen LogP contribution is -2.49. The number of aromatic nitrogens is 2. The van der Waals surface area contributed by atoms with Crippen LogP contribution >= 0.6 is 11.3 Å². The largest absolute Gasteiger partial charge is 0.356 e. The molecule has 0 unspecified atom stereocenters. The maximum Gasteiger partial charge on any atom is 0.225 e. The zero-order valence-electron chi connectivity index (χ0n) is 18.3. The smallest absolute Gasteiger partial charge is 0.225 e. The Kier molecular flexibility index (Phi) is 6.85. The number of hydrogen-bond donors (Lipinski definition) is 1. The van der Waals surface area contributed by atoms with Gasteiger partial charge in [-0.05, 0) is 43.4 Å². The number of nitrogens with zero attached hydrogens (tertiary/aromatic N) is 4. The summed E-state index contributed by atoms with van der Waals surface area (Å²) in [6, 6.07) is 3.97. The predicted octanol–water partition coefficient (Wildman–Crippen LogP) is 2.31. The second-order valence-electron chi connectivity index (χ2n) is 8.67. The van der Waals surface area contributed by atoms with Gasteiger partial charge in [0, 0.05) is 61.8 Å². The van der Waals surface area contributed by atoms with Crippen LogP contribution in [0.15, 0.2) is 24.5 Å². The van der Waals surface area contributed by atoms with Crippen molar-refractivity contribution in [3.63, 3.8) is 0 Å². The van der Waals surface area contributed by atoms with Crippen molar-refractivity contribution in [2.75, 3.05) is 37.6 Å². The van der Waals surface area contributed by atoms with E-state index in [0.717, 1.165) is 62.7 Å². The first-order valence-electron chi connectivity index (χ1n) is 11.2. The van der Waals surface area contributed by atoms with E-state index in [1.807, 2.05) is 30.9 Å². The Hall–Kier alpha value is -2.48. The number of pyridine rings is 1. The van der Waals surface area contributed by atoms with Gasteiger partial charge in [0.1, 0.15) is 0 Å². The molecule has 0 saturated carbocycles. The molecule has 0 radical (unpaired) electrons. The fourth-order valence-corrected chi connectivity index (χ4v) is 5.47. The topological polar surface area (TPSA) is 78.4 Å². The molecular weight excluding hydrogens is 410 g/mol. The van der Waals surface area contributed by atoms with Gasteiger partial charge in [-0.15, -0.1) is 11.3 Å². The molecule has 1 fully saturated rings. The number of anilines is 1. The van der Waals surface area contributed by atoms with Gasteiger partial charge in [-0.1, -0.05) is 13.8 Å². The van der Waals surface area contributed by atoms with Crippen LogP contribution in [-0.4, -0.2) is 59.4 Å². The summed E-state index contributed by atoms with van der Waals surface area (Å²) < 4.78 is 0. The van der Waals surface area contributed by atoms with Gasteiger partial charge < -0.3 is 15.1 Å². The number of rotatable bonds is 6. The summed E-state index contributed by atoms with van der Waals surface area (Å²) in [6.45, 7) is 7.71. The molecule has 31 heavy (non-hydrogen) atoms. The lowest BCUT2D eigenvalue weighted by molar-refractivity contribution is -0.134. The SMILES string of the molecule is CC(C)C(=O)N1CCN(c2nc3c(s2)C[C@H](C(=O)NCCc2ccncc2)CC3)CC1. The van der Waals surface area contributed by atoms with Crippen molar-refractivity contribution in [3.8, 4) is 0 Å². The van der Waals surface area contributed by atoms with Gasteiger partial charge in [0.25, 0.3) is 0 Å². The number of thiazole rings is 1. The number of carbonyl (C=O) groups is 2. The van der Waals surface area contributed by atoms with E-state index in [1.54, 1.807) is 23.7 Å². The summed E-state index contributed by atoms with van der Waals surface area (Å²) in [4.78, 5) is 39.3. The normalized spacial score (nSPS) is 18.7. The van der Waals surface area contributed by atoms with E-state index >= 15 is 0 Å². The molecule has 2 amide bonds. The molecule has 2 aromatic heterocycles. The first kappa shape index (κ1) is 21.7. The van der Waals surface area contributed by atoms with Gasteiger partial charge in [-0.25, -0.2) is 4.98 Å². The molecule has 1 aliphatic carbocycles. The lowest BCUT2D eigenvalue weighted by Gasteiger charge is -2.35. The van der Waals surface area contributed by atoms with Crippen molar-refractivity contribution < 1.29 is 9.59 Å². The summed E-state index contributed by atoms with van der Waals surface area (Å²) in [5.41, 5.74) is 2.34. The van der Waals surface area contributed by atoms with Gasteiger partial charge in [-0.2, -0.15) is 0 Å².